The van der Waals surface area contributed by atoms with Crippen molar-refractivity contribution in [1.29, 1.82) is 0 Å². The van der Waals surface area contributed by atoms with E-state index in [2.05, 4.69) is 4.84 Å². The van der Waals surface area contributed by atoms with Crippen molar-refractivity contribution in [3.05, 3.63) is 0 Å². The standard InChI is InChI=1S/C6H13NO6/c7-13-6-4(11)2(9)1(8)3(10)5(6)12/h1-6,8-12H,7H2/t1?,2-,3-,4-,5-,6?/m0/s1. The van der Waals surface area contributed by atoms with Gasteiger partial charge in [0.1, 0.15) is 36.6 Å². The third-order valence-corrected chi connectivity index (χ3v) is 2.23. The van der Waals surface area contributed by atoms with Crippen LogP contribution < -0.4 is 5.90 Å². The van der Waals surface area contributed by atoms with Crippen LogP contribution in [0.3, 0.4) is 0 Å². The van der Waals surface area contributed by atoms with Gasteiger partial charge in [0.2, 0.25) is 0 Å². The van der Waals surface area contributed by atoms with Crippen molar-refractivity contribution in [3.8, 4) is 0 Å². The molecule has 0 aromatic heterocycles. The Bertz CT molecular complexity index is 163. The molecule has 0 bridgehead atoms. The van der Waals surface area contributed by atoms with Gasteiger partial charge >= 0.3 is 0 Å². The molecule has 0 aromatic carbocycles. The molecule has 0 amide bonds. The minimum absolute atomic E-state index is 1.31. The van der Waals surface area contributed by atoms with Crippen LogP contribution in [-0.4, -0.2) is 62.2 Å². The van der Waals surface area contributed by atoms with Gasteiger partial charge in [-0.05, 0) is 0 Å². The van der Waals surface area contributed by atoms with Crippen molar-refractivity contribution in [2.75, 3.05) is 0 Å². The maximum absolute atomic E-state index is 9.21. The minimum atomic E-state index is -1.61. The van der Waals surface area contributed by atoms with Gasteiger partial charge < -0.3 is 25.5 Å². The molecule has 1 rings (SSSR count). The number of rotatable bonds is 1. The molecule has 1 fully saturated rings. The van der Waals surface area contributed by atoms with E-state index < -0.39 is 36.6 Å². The first kappa shape index (κ1) is 10.8. The molecular weight excluding hydrogens is 182 g/mol. The summed E-state index contributed by atoms with van der Waals surface area (Å²) in [6.07, 6.45) is -9.17. The fraction of sp³-hybridized carbons (Fsp3) is 1.00. The van der Waals surface area contributed by atoms with E-state index in [1.165, 1.54) is 0 Å². The Kier molecular flexibility index (Phi) is 3.19. The van der Waals surface area contributed by atoms with E-state index in [-0.39, 0.29) is 0 Å². The number of nitrogens with two attached hydrogens (primary N) is 1. The van der Waals surface area contributed by atoms with Crippen LogP contribution in [0, 0.1) is 0 Å². The first-order valence-electron chi connectivity index (χ1n) is 3.76. The monoisotopic (exact) mass is 195 g/mol. The van der Waals surface area contributed by atoms with Crippen LogP contribution in [0.1, 0.15) is 0 Å². The first-order valence-corrected chi connectivity index (χ1v) is 3.76. The third-order valence-electron chi connectivity index (χ3n) is 2.23. The van der Waals surface area contributed by atoms with Crippen molar-refractivity contribution in [2.24, 2.45) is 5.90 Å². The fourth-order valence-corrected chi connectivity index (χ4v) is 1.36. The van der Waals surface area contributed by atoms with Crippen LogP contribution in [-0.2, 0) is 4.84 Å². The van der Waals surface area contributed by atoms with Crippen LogP contribution in [0.25, 0.3) is 0 Å². The van der Waals surface area contributed by atoms with Crippen molar-refractivity contribution in [2.45, 2.75) is 36.6 Å². The summed E-state index contributed by atoms with van der Waals surface area (Å²) in [7, 11) is 0. The van der Waals surface area contributed by atoms with E-state index in [4.69, 9.17) is 21.2 Å². The summed E-state index contributed by atoms with van der Waals surface area (Å²) in [5.74, 6) is 4.73. The van der Waals surface area contributed by atoms with Crippen LogP contribution in [0.5, 0.6) is 0 Å². The SMILES string of the molecule is NOC1[C@@H](O)[C@@H](O)C(O)[C@H](O)[C@@H]1O. The van der Waals surface area contributed by atoms with E-state index in [9.17, 15) is 10.2 Å². The molecule has 4 atom stereocenters. The molecule has 0 radical (unpaired) electrons. The highest BCUT2D eigenvalue weighted by molar-refractivity contribution is 4.98. The Hall–Kier alpha value is -0.280. The predicted octanol–water partition coefficient (Wildman–Crippen LogP) is -3.94. The lowest BCUT2D eigenvalue weighted by Crippen LogP contribution is -2.64. The lowest BCUT2D eigenvalue weighted by atomic mass is 9.85. The lowest BCUT2D eigenvalue weighted by Gasteiger charge is -2.40. The summed E-state index contributed by atoms with van der Waals surface area (Å²) in [5, 5.41) is 45.8. The summed E-state index contributed by atoms with van der Waals surface area (Å²) in [6.45, 7) is 0. The summed E-state index contributed by atoms with van der Waals surface area (Å²) in [4.78, 5) is 4.17. The van der Waals surface area contributed by atoms with Gasteiger partial charge in [-0.15, -0.1) is 0 Å². The molecule has 7 nitrogen and oxygen atoms in total. The molecule has 0 unspecified atom stereocenters. The van der Waals surface area contributed by atoms with Gasteiger partial charge in [-0.1, -0.05) is 0 Å². The molecule has 1 aliphatic rings. The van der Waals surface area contributed by atoms with E-state index in [1.807, 2.05) is 0 Å². The second-order valence-corrected chi connectivity index (χ2v) is 3.05. The maximum Gasteiger partial charge on any atom is 0.136 e. The number of hydrogen-bond acceptors (Lipinski definition) is 7. The molecule has 1 saturated carbocycles. The van der Waals surface area contributed by atoms with Crippen LogP contribution in [0.2, 0.25) is 0 Å². The lowest BCUT2D eigenvalue weighted by molar-refractivity contribution is -0.236. The highest BCUT2D eigenvalue weighted by Gasteiger charge is 2.48. The summed E-state index contributed by atoms with van der Waals surface area (Å²) in [5.41, 5.74) is 0. The fourth-order valence-electron chi connectivity index (χ4n) is 1.36. The van der Waals surface area contributed by atoms with Gasteiger partial charge in [-0.25, -0.2) is 5.90 Å². The van der Waals surface area contributed by atoms with Crippen LogP contribution in [0.4, 0.5) is 0 Å². The Labute approximate surface area is 73.9 Å². The normalized spacial score (nSPS) is 52.2. The Morgan fingerprint density at radius 3 is 1.31 bits per heavy atom. The molecule has 0 heterocycles. The van der Waals surface area contributed by atoms with Crippen molar-refractivity contribution in [3.63, 3.8) is 0 Å². The molecule has 0 aromatic rings. The van der Waals surface area contributed by atoms with Gasteiger partial charge in [0.05, 0.1) is 0 Å². The molecule has 78 valence electrons. The van der Waals surface area contributed by atoms with Crippen LogP contribution in [0.15, 0.2) is 0 Å². The Balaban J connectivity index is 2.79. The molecule has 0 aliphatic heterocycles. The van der Waals surface area contributed by atoms with E-state index >= 15 is 0 Å². The first-order chi connectivity index (χ1) is 6.00. The zero-order chi connectivity index (χ0) is 10.2. The van der Waals surface area contributed by atoms with Crippen LogP contribution >= 0.6 is 0 Å². The van der Waals surface area contributed by atoms with E-state index in [1.54, 1.807) is 0 Å². The molecule has 7 heteroatoms. The minimum Gasteiger partial charge on any atom is -0.387 e. The molecule has 1 aliphatic carbocycles. The Morgan fingerprint density at radius 1 is 0.692 bits per heavy atom. The predicted molar refractivity (Wildman–Crippen MR) is 39.1 cm³/mol. The third kappa shape index (κ3) is 1.67. The van der Waals surface area contributed by atoms with Crippen molar-refractivity contribution < 1.29 is 30.4 Å². The molecule has 0 spiro atoms. The zero-order valence-corrected chi connectivity index (χ0v) is 6.69. The molecule has 0 saturated heterocycles. The number of aliphatic hydroxyl groups excluding tert-OH is 5. The maximum atomic E-state index is 9.21. The smallest absolute Gasteiger partial charge is 0.136 e. The van der Waals surface area contributed by atoms with Gasteiger partial charge in [-0.2, -0.15) is 0 Å². The number of aliphatic hydroxyl groups is 5. The average molecular weight is 195 g/mol. The average Bonchev–Trinajstić information content (AvgIpc) is 2.13. The van der Waals surface area contributed by atoms with Crippen molar-refractivity contribution in [1.82, 2.24) is 0 Å². The van der Waals surface area contributed by atoms with Gasteiger partial charge in [0, 0.05) is 0 Å². The second-order valence-electron chi connectivity index (χ2n) is 3.05. The summed E-state index contributed by atoms with van der Waals surface area (Å²) < 4.78 is 0. The Morgan fingerprint density at radius 2 is 1.00 bits per heavy atom. The quantitative estimate of drug-likeness (QED) is 0.235. The highest BCUT2D eigenvalue weighted by Crippen LogP contribution is 2.22. The summed E-state index contributed by atoms with van der Waals surface area (Å²) >= 11 is 0. The van der Waals surface area contributed by atoms with E-state index in [0.717, 1.165) is 0 Å². The molecular formula is C6H13NO6. The van der Waals surface area contributed by atoms with Gasteiger partial charge in [0.15, 0.2) is 0 Å². The summed E-state index contributed by atoms with van der Waals surface area (Å²) in [6, 6.07) is 0. The number of hydrogen-bond donors (Lipinski definition) is 6. The van der Waals surface area contributed by atoms with Gasteiger partial charge in [0.25, 0.3) is 0 Å². The largest absolute Gasteiger partial charge is 0.387 e. The van der Waals surface area contributed by atoms with Crippen molar-refractivity contribution >= 4 is 0 Å². The zero-order valence-electron chi connectivity index (χ0n) is 6.69. The topological polar surface area (TPSA) is 136 Å². The second kappa shape index (κ2) is 3.84. The van der Waals surface area contributed by atoms with Gasteiger partial charge in [-0.3, -0.25) is 4.84 Å². The van der Waals surface area contributed by atoms with E-state index in [0.29, 0.717) is 0 Å². The molecule has 13 heavy (non-hydrogen) atoms. The molecule has 7 N–H and O–H groups in total. The highest BCUT2D eigenvalue weighted by atomic mass is 16.6.